The van der Waals surface area contributed by atoms with Crippen LogP contribution in [0.15, 0.2) is 54.6 Å². The lowest BCUT2D eigenvalue weighted by molar-refractivity contribution is -0.124. The van der Waals surface area contributed by atoms with E-state index in [1.165, 1.54) is 12.7 Å². The van der Waals surface area contributed by atoms with E-state index in [2.05, 4.69) is 42.3 Å². The number of nitrogens with zero attached hydrogens (tertiary/aromatic N) is 1. The monoisotopic (exact) mass is 376 g/mol. The molecule has 1 amide bonds. The summed E-state index contributed by atoms with van der Waals surface area (Å²) in [6.45, 7) is 5.02. The summed E-state index contributed by atoms with van der Waals surface area (Å²) in [4.78, 5) is 26.3. The number of fused-ring (bicyclic) bond motifs is 3. The van der Waals surface area contributed by atoms with Crippen LogP contribution in [0.1, 0.15) is 41.8 Å². The van der Waals surface area contributed by atoms with Crippen molar-refractivity contribution in [2.24, 2.45) is 0 Å². The molecule has 0 saturated carbocycles. The van der Waals surface area contributed by atoms with Gasteiger partial charge in [0.2, 0.25) is 5.91 Å². The molecule has 1 saturated heterocycles. The number of nitrogens with one attached hydrogen (secondary N) is 1. The average Bonchev–Trinajstić information content (AvgIpc) is 2.90. The molecule has 2 aromatic carbocycles. The van der Waals surface area contributed by atoms with Gasteiger partial charge in [-0.1, -0.05) is 50.3 Å². The van der Waals surface area contributed by atoms with Crippen molar-refractivity contribution in [3.8, 4) is 0 Å². The molecule has 4 rings (SSSR count). The minimum Gasteiger partial charge on any atom is -0.465 e. The number of carbonyl (C=O) groups is 2. The van der Waals surface area contributed by atoms with Crippen molar-refractivity contribution < 1.29 is 14.3 Å². The summed E-state index contributed by atoms with van der Waals surface area (Å²) in [5, 5.41) is 3.26. The van der Waals surface area contributed by atoms with Crippen LogP contribution in [0, 0.1) is 0 Å². The molecule has 0 spiro atoms. The van der Waals surface area contributed by atoms with Crippen molar-refractivity contribution in [2.75, 3.05) is 18.6 Å². The third-order valence-electron chi connectivity index (χ3n) is 5.99. The molecule has 0 bridgehead atoms. The fourth-order valence-corrected chi connectivity index (χ4v) is 4.38. The topological polar surface area (TPSA) is 58.6 Å². The third kappa shape index (κ3) is 2.61. The van der Waals surface area contributed by atoms with E-state index < -0.39 is 5.66 Å². The van der Waals surface area contributed by atoms with E-state index in [1.54, 1.807) is 12.1 Å². The number of hydrogen-bond donors (Lipinski definition) is 1. The number of anilines is 1. The van der Waals surface area contributed by atoms with Crippen LogP contribution in [-0.2, 0) is 14.9 Å². The Morgan fingerprint density at radius 3 is 2.57 bits per heavy atom. The molecule has 1 N–H and O–H groups in total. The number of hydrogen-bond acceptors (Lipinski definition) is 4. The molecule has 1 atom stereocenters. The van der Waals surface area contributed by atoms with E-state index >= 15 is 0 Å². The van der Waals surface area contributed by atoms with E-state index in [0.717, 1.165) is 11.3 Å². The molecular formula is C23H24N2O3. The number of rotatable bonds is 3. The fraction of sp³-hybridized carbons (Fsp3) is 0.304. The SMILES string of the molecule is COC(=O)c1ccc(C=C[C@]23NC(=O)CCN2c2ccccc2C3(C)C)cc1. The molecule has 0 radical (unpaired) electrons. The molecule has 0 aromatic heterocycles. The molecule has 2 aromatic rings. The van der Waals surface area contributed by atoms with Crippen LogP contribution in [0.2, 0.25) is 0 Å². The molecule has 0 unspecified atom stereocenters. The summed E-state index contributed by atoms with van der Waals surface area (Å²) in [5.41, 5.74) is 2.92. The maximum absolute atomic E-state index is 12.4. The van der Waals surface area contributed by atoms with Gasteiger partial charge in [-0.3, -0.25) is 4.79 Å². The molecule has 1 fully saturated rings. The summed E-state index contributed by atoms with van der Waals surface area (Å²) >= 11 is 0. The second kappa shape index (κ2) is 6.51. The molecule has 5 nitrogen and oxygen atoms in total. The van der Waals surface area contributed by atoms with Gasteiger partial charge in [-0.15, -0.1) is 0 Å². The van der Waals surface area contributed by atoms with Crippen molar-refractivity contribution in [3.05, 3.63) is 71.3 Å². The summed E-state index contributed by atoms with van der Waals surface area (Å²) in [6, 6.07) is 15.6. The van der Waals surface area contributed by atoms with Gasteiger partial charge in [0.25, 0.3) is 0 Å². The Morgan fingerprint density at radius 2 is 1.86 bits per heavy atom. The van der Waals surface area contributed by atoms with Crippen LogP contribution in [0.5, 0.6) is 0 Å². The highest BCUT2D eigenvalue weighted by Gasteiger charge is 2.57. The molecule has 0 aliphatic carbocycles. The van der Waals surface area contributed by atoms with Gasteiger partial charge in [0.05, 0.1) is 12.7 Å². The Morgan fingerprint density at radius 1 is 1.14 bits per heavy atom. The first kappa shape index (κ1) is 18.3. The van der Waals surface area contributed by atoms with Crippen LogP contribution in [0.25, 0.3) is 6.08 Å². The van der Waals surface area contributed by atoms with Gasteiger partial charge in [0.1, 0.15) is 5.66 Å². The second-order valence-electron chi connectivity index (χ2n) is 7.81. The summed E-state index contributed by atoms with van der Waals surface area (Å²) in [5.74, 6) is -0.296. The molecular weight excluding hydrogens is 352 g/mol. The van der Waals surface area contributed by atoms with E-state index in [0.29, 0.717) is 18.5 Å². The van der Waals surface area contributed by atoms with Crippen LogP contribution >= 0.6 is 0 Å². The molecule has 2 aliphatic heterocycles. The Bertz CT molecular complexity index is 962. The van der Waals surface area contributed by atoms with Crippen molar-refractivity contribution in [1.29, 1.82) is 0 Å². The van der Waals surface area contributed by atoms with Crippen LogP contribution in [-0.4, -0.2) is 31.2 Å². The first-order valence-electron chi connectivity index (χ1n) is 9.45. The Hall–Kier alpha value is -3.08. The van der Waals surface area contributed by atoms with E-state index in [4.69, 9.17) is 4.74 Å². The normalized spacial score (nSPS) is 22.5. The number of methoxy groups -OCH3 is 1. The molecule has 28 heavy (non-hydrogen) atoms. The molecule has 2 heterocycles. The fourth-order valence-electron chi connectivity index (χ4n) is 4.38. The smallest absolute Gasteiger partial charge is 0.337 e. The first-order valence-corrected chi connectivity index (χ1v) is 9.45. The van der Waals surface area contributed by atoms with Crippen LogP contribution < -0.4 is 10.2 Å². The quantitative estimate of drug-likeness (QED) is 0.833. The largest absolute Gasteiger partial charge is 0.465 e. The van der Waals surface area contributed by atoms with Gasteiger partial charge in [-0.2, -0.15) is 0 Å². The molecule has 5 heteroatoms. The highest BCUT2D eigenvalue weighted by molar-refractivity contribution is 5.89. The van der Waals surface area contributed by atoms with Crippen molar-refractivity contribution >= 4 is 23.6 Å². The lowest BCUT2D eigenvalue weighted by Crippen LogP contribution is -2.68. The Kier molecular flexibility index (Phi) is 4.26. The summed E-state index contributed by atoms with van der Waals surface area (Å²) in [7, 11) is 1.37. The lowest BCUT2D eigenvalue weighted by atomic mass is 9.74. The van der Waals surface area contributed by atoms with E-state index in [9.17, 15) is 9.59 Å². The highest BCUT2D eigenvalue weighted by atomic mass is 16.5. The standard InChI is InChI=1S/C23H24N2O3/c1-22(2)18-6-4-5-7-19(18)25-15-13-20(26)24-23(22,25)14-12-16-8-10-17(11-9-16)21(27)28-3/h4-12,14H,13,15H2,1-3H3,(H,24,26)/t23-/m0/s1. The average molecular weight is 376 g/mol. The predicted molar refractivity (Wildman–Crippen MR) is 109 cm³/mol. The molecule has 144 valence electrons. The Balaban J connectivity index is 1.74. The van der Waals surface area contributed by atoms with Gasteiger partial charge in [-0.05, 0) is 35.4 Å². The summed E-state index contributed by atoms with van der Waals surface area (Å²) < 4.78 is 4.75. The maximum Gasteiger partial charge on any atom is 0.337 e. The van der Waals surface area contributed by atoms with Gasteiger partial charge in [0.15, 0.2) is 0 Å². The van der Waals surface area contributed by atoms with Gasteiger partial charge >= 0.3 is 5.97 Å². The van der Waals surface area contributed by atoms with Crippen LogP contribution in [0.3, 0.4) is 0 Å². The van der Waals surface area contributed by atoms with Gasteiger partial charge in [-0.25, -0.2) is 4.79 Å². The van der Waals surface area contributed by atoms with Crippen molar-refractivity contribution in [3.63, 3.8) is 0 Å². The number of ether oxygens (including phenoxy) is 1. The zero-order valence-electron chi connectivity index (χ0n) is 16.4. The molecule has 2 aliphatic rings. The number of amides is 1. The van der Waals surface area contributed by atoms with Crippen molar-refractivity contribution in [1.82, 2.24) is 5.32 Å². The Labute approximate surface area is 165 Å². The number of para-hydroxylation sites is 1. The lowest BCUT2D eigenvalue weighted by Gasteiger charge is -2.49. The first-order chi connectivity index (χ1) is 13.4. The second-order valence-corrected chi connectivity index (χ2v) is 7.81. The zero-order chi connectivity index (χ0) is 19.9. The third-order valence-corrected chi connectivity index (χ3v) is 5.99. The minimum absolute atomic E-state index is 0.0582. The zero-order valence-corrected chi connectivity index (χ0v) is 16.4. The number of carbonyl (C=O) groups excluding carboxylic acids is 2. The number of esters is 1. The van der Waals surface area contributed by atoms with E-state index in [-0.39, 0.29) is 17.3 Å². The van der Waals surface area contributed by atoms with Gasteiger partial charge < -0.3 is 15.0 Å². The highest BCUT2D eigenvalue weighted by Crippen LogP contribution is 2.52. The predicted octanol–water partition coefficient (Wildman–Crippen LogP) is 3.50. The number of benzene rings is 2. The van der Waals surface area contributed by atoms with Gasteiger partial charge in [0, 0.05) is 24.1 Å². The maximum atomic E-state index is 12.4. The van der Waals surface area contributed by atoms with Crippen molar-refractivity contribution in [2.45, 2.75) is 31.3 Å². The van der Waals surface area contributed by atoms with E-state index in [1.807, 2.05) is 30.3 Å². The summed E-state index contributed by atoms with van der Waals surface area (Å²) in [6.07, 6.45) is 4.57. The van der Waals surface area contributed by atoms with Crippen LogP contribution in [0.4, 0.5) is 5.69 Å². The minimum atomic E-state index is -0.632.